The van der Waals surface area contributed by atoms with E-state index in [-0.39, 0.29) is 18.2 Å². The number of rotatable bonds is 9. The second-order valence-corrected chi connectivity index (χ2v) is 10.8. The van der Waals surface area contributed by atoms with Crippen molar-refractivity contribution in [3.63, 3.8) is 0 Å². The largest absolute Gasteiger partial charge is 0.493 e. The van der Waals surface area contributed by atoms with Gasteiger partial charge >= 0.3 is 5.97 Å². The van der Waals surface area contributed by atoms with Crippen LogP contribution in [0.2, 0.25) is 0 Å². The predicted octanol–water partition coefficient (Wildman–Crippen LogP) is 5.44. The first-order chi connectivity index (χ1) is 20.1. The van der Waals surface area contributed by atoms with Crippen molar-refractivity contribution >= 4 is 51.6 Å². The van der Waals surface area contributed by atoms with Gasteiger partial charge in [0.15, 0.2) is 5.82 Å². The topological polar surface area (TPSA) is 125 Å². The Morgan fingerprint density at radius 2 is 1.79 bits per heavy atom. The van der Waals surface area contributed by atoms with Crippen LogP contribution in [0.3, 0.4) is 0 Å². The number of aliphatic carboxylic acids is 1. The van der Waals surface area contributed by atoms with Gasteiger partial charge in [-0.1, -0.05) is 24.3 Å². The van der Waals surface area contributed by atoms with Crippen molar-refractivity contribution in [2.24, 2.45) is 5.41 Å². The van der Waals surface area contributed by atoms with Crippen molar-refractivity contribution in [2.45, 2.75) is 33.6 Å². The third-order valence-electron chi connectivity index (χ3n) is 7.40. The number of carboxylic acid groups (broad SMARTS) is 1. The fourth-order valence-corrected chi connectivity index (χ4v) is 5.01. The Bertz CT molecular complexity index is 1690. The Kier molecular flexibility index (Phi) is 7.80. The molecule has 42 heavy (non-hydrogen) atoms. The summed E-state index contributed by atoms with van der Waals surface area (Å²) in [5.74, 6) is 0.351. The highest BCUT2D eigenvalue weighted by Gasteiger charge is 2.31. The average Bonchev–Trinajstić information content (AvgIpc) is 3.06. The maximum Gasteiger partial charge on any atom is 0.309 e. The van der Waals surface area contributed by atoms with Crippen molar-refractivity contribution in [3.05, 3.63) is 78.1 Å². The van der Waals surface area contributed by atoms with Gasteiger partial charge in [0.1, 0.15) is 11.6 Å². The SMILES string of the molecule is CCN1c2ncc(CCOc3ccc(NC(=O)CC(C)(C)C(=O)O)c4ccccc34)cc2C(=O)N(C)c2cccnc21. The molecule has 4 aromatic rings. The molecule has 0 atom stereocenters. The van der Waals surface area contributed by atoms with E-state index in [9.17, 15) is 19.5 Å². The van der Waals surface area contributed by atoms with E-state index in [0.29, 0.717) is 48.2 Å². The van der Waals surface area contributed by atoms with Crippen molar-refractivity contribution in [1.82, 2.24) is 9.97 Å². The average molecular weight is 568 g/mol. The highest BCUT2D eigenvalue weighted by Crippen LogP contribution is 2.37. The fraction of sp³-hybridized carbons (Fsp3) is 0.281. The third-order valence-corrected chi connectivity index (χ3v) is 7.40. The van der Waals surface area contributed by atoms with Crippen LogP contribution in [-0.4, -0.2) is 53.1 Å². The van der Waals surface area contributed by atoms with Crippen LogP contribution in [0.1, 0.15) is 43.1 Å². The van der Waals surface area contributed by atoms with Gasteiger partial charge in [0, 0.05) is 55.3 Å². The van der Waals surface area contributed by atoms with E-state index in [1.165, 1.54) is 13.8 Å². The molecule has 10 nitrogen and oxygen atoms in total. The molecule has 5 rings (SSSR count). The van der Waals surface area contributed by atoms with Gasteiger partial charge in [-0.3, -0.25) is 14.4 Å². The van der Waals surface area contributed by atoms with Gasteiger partial charge in [-0.05, 0) is 56.7 Å². The first kappa shape index (κ1) is 28.5. The van der Waals surface area contributed by atoms with E-state index in [1.54, 1.807) is 36.5 Å². The summed E-state index contributed by atoms with van der Waals surface area (Å²) in [6, 6.07) is 16.6. The molecule has 0 spiro atoms. The zero-order valence-corrected chi connectivity index (χ0v) is 24.0. The number of carbonyl (C=O) groups is 3. The van der Waals surface area contributed by atoms with Gasteiger partial charge in [0.05, 0.1) is 23.3 Å². The molecular weight excluding hydrogens is 534 g/mol. The molecule has 216 valence electrons. The number of amides is 2. The van der Waals surface area contributed by atoms with Crippen LogP contribution in [0, 0.1) is 5.41 Å². The number of pyridine rings is 2. The molecule has 10 heteroatoms. The Balaban J connectivity index is 1.33. The molecule has 1 aliphatic rings. The van der Waals surface area contributed by atoms with Crippen LogP contribution in [-0.2, 0) is 16.0 Å². The lowest BCUT2D eigenvalue weighted by atomic mass is 9.89. The molecule has 1 aliphatic heterocycles. The van der Waals surface area contributed by atoms with Crippen molar-refractivity contribution in [1.29, 1.82) is 0 Å². The first-order valence-electron chi connectivity index (χ1n) is 13.8. The Morgan fingerprint density at radius 3 is 2.52 bits per heavy atom. The summed E-state index contributed by atoms with van der Waals surface area (Å²) < 4.78 is 6.17. The third kappa shape index (κ3) is 5.47. The van der Waals surface area contributed by atoms with Crippen LogP contribution in [0.25, 0.3) is 10.8 Å². The van der Waals surface area contributed by atoms with Crippen molar-refractivity contribution in [3.8, 4) is 5.75 Å². The van der Waals surface area contributed by atoms with E-state index in [4.69, 9.17) is 4.74 Å². The van der Waals surface area contributed by atoms with Crippen molar-refractivity contribution in [2.75, 3.05) is 35.3 Å². The number of fused-ring (bicyclic) bond motifs is 3. The molecule has 2 N–H and O–H groups in total. The monoisotopic (exact) mass is 567 g/mol. The number of nitrogens with zero attached hydrogens (tertiary/aromatic N) is 4. The van der Waals surface area contributed by atoms with Crippen LogP contribution in [0.4, 0.5) is 23.0 Å². The summed E-state index contributed by atoms with van der Waals surface area (Å²) in [4.78, 5) is 50.2. The maximum absolute atomic E-state index is 13.4. The van der Waals surface area contributed by atoms with Gasteiger partial charge in [-0.25, -0.2) is 9.97 Å². The number of carbonyl (C=O) groups excluding carboxylic acids is 2. The number of hydrogen-bond donors (Lipinski definition) is 2. The normalized spacial score (nSPS) is 12.9. The minimum absolute atomic E-state index is 0.152. The highest BCUT2D eigenvalue weighted by molar-refractivity contribution is 6.12. The van der Waals surface area contributed by atoms with E-state index in [1.807, 2.05) is 54.3 Å². The van der Waals surface area contributed by atoms with Gasteiger partial charge in [-0.2, -0.15) is 0 Å². The molecule has 2 aromatic heterocycles. The number of benzene rings is 2. The summed E-state index contributed by atoms with van der Waals surface area (Å²) in [6.45, 7) is 5.99. The zero-order chi connectivity index (χ0) is 30.0. The van der Waals surface area contributed by atoms with Crippen LogP contribution < -0.4 is 19.9 Å². The fourth-order valence-electron chi connectivity index (χ4n) is 5.01. The highest BCUT2D eigenvalue weighted by atomic mass is 16.5. The first-order valence-corrected chi connectivity index (χ1v) is 13.8. The molecule has 2 amide bonds. The molecule has 0 bridgehead atoms. The Hall–Kier alpha value is -4.99. The molecule has 0 radical (unpaired) electrons. The Labute approximate surface area is 244 Å². The summed E-state index contributed by atoms with van der Waals surface area (Å²) in [7, 11) is 1.74. The smallest absolute Gasteiger partial charge is 0.309 e. The summed E-state index contributed by atoms with van der Waals surface area (Å²) in [6.07, 6.45) is 3.84. The lowest BCUT2D eigenvalue weighted by Crippen LogP contribution is -2.29. The van der Waals surface area contributed by atoms with Gasteiger partial charge in [0.2, 0.25) is 5.91 Å². The lowest BCUT2D eigenvalue weighted by Gasteiger charge is -2.22. The van der Waals surface area contributed by atoms with Gasteiger partial charge in [0.25, 0.3) is 5.91 Å². The number of nitrogens with one attached hydrogen (secondary N) is 1. The van der Waals surface area contributed by atoms with Crippen molar-refractivity contribution < 1.29 is 24.2 Å². The van der Waals surface area contributed by atoms with E-state index in [2.05, 4.69) is 15.3 Å². The summed E-state index contributed by atoms with van der Waals surface area (Å²) in [5.41, 5.74) is 1.50. The zero-order valence-electron chi connectivity index (χ0n) is 24.0. The number of ether oxygens (including phenoxy) is 1. The number of aromatic nitrogens is 2. The molecule has 0 saturated heterocycles. The van der Waals surface area contributed by atoms with Crippen LogP contribution in [0.15, 0.2) is 67.0 Å². The van der Waals surface area contributed by atoms with Crippen LogP contribution in [0.5, 0.6) is 5.75 Å². The molecule has 2 aromatic carbocycles. The molecule has 0 fully saturated rings. The molecule has 0 aliphatic carbocycles. The minimum atomic E-state index is -1.18. The molecular formula is C32H33N5O5. The lowest BCUT2D eigenvalue weighted by molar-refractivity contribution is -0.148. The van der Waals surface area contributed by atoms with Crippen LogP contribution >= 0.6 is 0 Å². The summed E-state index contributed by atoms with van der Waals surface area (Å²) in [5, 5.41) is 13.8. The summed E-state index contributed by atoms with van der Waals surface area (Å²) >= 11 is 0. The molecule has 3 heterocycles. The minimum Gasteiger partial charge on any atom is -0.493 e. The van der Waals surface area contributed by atoms with Gasteiger partial charge in [-0.15, -0.1) is 0 Å². The Morgan fingerprint density at radius 1 is 1.02 bits per heavy atom. The van der Waals surface area contributed by atoms with E-state index < -0.39 is 11.4 Å². The number of carboxylic acids is 1. The standard InChI is InChI=1S/C32H33N5O5/c1-5-37-28-23(30(39)36(4)25-11-8-15-33-29(25)37)17-20(19-34-28)14-16-42-26-13-12-24(21-9-6-7-10-22(21)26)35-27(38)18-32(2,3)31(40)41/h6-13,15,17,19H,5,14,16,18H2,1-4H3,(H,35,38)(H,40,41). The van der Waals surface area contributed by atoms with Gasteiger partial charge < -0.3 is 25.0 Å². The van der Waals surface area contributed by atoms with E-state index >= 15 is 0 Å². The van der Waals surface area contributed by atoms with E-state index in [0.717, 1.165) is 22.0 Å². The number of hydrogen-bond acceptors (Lipinski definition) is 7. The molecule has 0 unspecified atom stereocenters. The maximum atomic E-state index is 13.4. The second kappa shape index (κ2) is 11.5. The second-order valence-electron chi connectivity index (χ2n) is 10.8. The number of anilines is 4. The molecule has 0 saturated carbocycles. The quantitative estimate of drug-likeness (QED) is 0.274. The predicted molar refractivity (Wildman–Crippen MR) is 162 cm³/mol.